The lowest BCUT2D eigenvalue weighted by Gasteiger charge is -2.20. The van der Waals surface area contributed by atoms with Crippen molar-refractivity contribution < 1.29 is 13.2 Å². The van der Waals surface area contributed by atoms with E-state index >= 15 is 0 Å². The molecule has 0 radical (unpaired) electrons. The zero-order chi connectivity index (χ0) is 11.8. The van der Waals surface area contributed by atoms with Gasteiger partial charge in [-0.15, -0.1) is 11.3 Å². The molecule has 0 bridgehead atoms. The predicted octanol–water partition coefficient (Wildman–Crippen LogP) is 2.94. The summed E-state index contributed by atoms with van der Waals surface area (Å²) in [6.07, 6.45) is -2.56. The highest BCUT2D eigenvalue weighted by Gasteiger charge is 2.37. The Morgan fingerprint density at radius 1 is 1.31 bits per heavy atom. The van der Waals surface area contributed by atoms with E-state index in [4.69, 9.17) is 0 Å². The molecule has 16 heavy (non-hydrogen) atoms. The first-order chi connectivity index (χ1) is 7.48. The topological polar surface area (TPSA) is 24.9 Å². The van der Waals surface area contributed by atoms with Crippen LogP contribution in [-0.2, 0) is 6.18 Å². The number of aryl methyl sites for hydroxylation is 1. The normalized spacial score (nSPS) is 19.0. The highest BCUT2D eigenvalue weighted by molar-refractivity contribution is 7.11. The second-order valence-electron chi connectivity index (χ2n) is 3.98. The summed E-state index contributed by atoms with van der Waals surface area (Å²) in [6.45, 7) is 3.22. The van der Waals surface area contributed by atoms with E-state index in [0.29, 0.717) is 5.01 Å². The summed E-state index contributed by atoms with van der Waals surface area (Å²) in [6, 6.07) is 0. The Balaban J connectivity index is 2.23. The van der Waals surface area contributed by atoms with Crippen LogP contribution in [0.1, 0.15) is 34.3 Å². The minimum Gasteiger partial charge on any atom is -0.317 e. The van der Waals surface area contributed by atoms with E-state index in [1.54, 1.807) is 0 Å². The van der Waals surface area contributed by atoms with Gasteiger partial charge < -0.3 is 5.32 Å². The quantitative estimate of drug-likeness (QED) is 0.829. The van der Waals surface area contributed by atoms with Crippen molar-refractivity contribution >= 4 is 11.3 Å². The Labute approximate surface area is 95.9 Å². The third-order valence-electron chi connectivity index (χ3n) is 2.77. The van der Waals surface area contributed by atoms with Crippen molar-refractivity contribution in [3.05, 3.63) is 15.6 Å². The van der Waals surface area contributed by atoms with Gasteiger partial charge in [0, 0.05) is 10.8 Å². The van der Waals surface area contributed by atoms with E-state index < -0.39 is 11.9 Å². The Bertz CT molecular complexity index is 367. The summed E-state index contributed by atoms with van der Waals surface area (Å²) in [5.41, 5.74) is -0.703. The van der Waals surface area contributed by atoms with Gasteiger partial charge in [-0.3, -0.25) is 0 Å². The third kappa shape index (κ3) is 2.38. The number of nitrogens with one attached hydrogen (secondary N) is 1. The van der Waals surface area contributed by atoms with E-state index in [0.717, 1.165) is 25.9 Å². The van der Waals surface area contributed by atoms with Gasteiger partial charge in [-0.1, -0.05) is 0 Å². The van der Waals surface area contributed by atoms with Crippen LogP contribution in [0.15, 0.2) is 0 Å². The summed E-state index contributed by atoms with van der Waals surface area (Å²) in [7, 11) is 0. The molecule has 0 unspecified atom stereocenters. The van der Waals surface area contributed by atoms with Gasteiger partial charge in [0.1, 0.15) is 0 Å². The predicted molar refractivity (Wildman–Crippen MR) is 56.7 cm³/mol. The zero-order valence-electron chi connectivity index (χ0n) is 8.90. The maximum absolute atomic E-state index is 12.6. The van der Waals surface area contributed by atoms with E-state index in [-0.39, 0.29) is 10.8 Å². The fourth-order valence-electron chi connectivity index (χ4n) is 1.92. The summed E-state index contributed by atoms with van der Waals surface area (Å²) in [5.74, 6) is 0.195. The van der Waals surface area contributed by atoms with Crippen LogP contribution in [-0.4, -0.2) is 18.1 Å². The zero-order valence-corrected chi connectivity index (χ0v) is 9.71. The van der Waals surface area contributed by atoms with Crippen molar-refractivity contribution in [2.45, 2.75) is 31.9 Å². The first-order valence-electron chi connectivity index (χ1n) is 5.23. The Kier molecular flexibility index (Phi) is 3.21. The molecular formula is C10H13F3N2S. The van der Waals surface area contributed by atoms with E-state index in [9.17, 15) is 13.2 Å². The lowest BCUT2D eigenvalue weighted by Crippen LogP contribution is -2.26. The molecule has 6 heteroatoms. The van der Waals surface area contributed by atoms with Crippen molar-refractivity contribution in [3.8, 4) is 0 Å². The van der Waals surface area contributed by atoms with Crippen LogP contribution in [0.4, 0.5) is 13.2 Å². The van der Waals surface area contributed by atoms with Gasteiger partial charge in [-0.2, -0.15) is 13.2 Å². The Hall–Kier alpha value is -0.620. The maximum Gasteiger partial charge on any atom is 0.434 e. The molecule has 2 nitrogen and oxygen atoms in total. The molecular weight excluding hydrogens is 237 g/mol. The molecule has 1 aromatic heterocycles. The molecule has 1 aromatic rings. The largest absolute Gasteiger partial charge is 0.434 e. The number of aromatic nitrogens is 1. The molecule has 0 saturated carbocycles. The van der Waals surface area contributed by atoms with Crippen LogP contribution in [0.3, 0.4) is 0 Å². The molecule has 1 aliphatic heterocycles. The number of thiazole rings is 1. The standard InChI is InChI=1S/C10H13F3N2S/c1-6-8(10(11,12)13)15-9(16-6)7-2-4-14-5-3-7/h7,14H,2-5H2,1H3. The van der Waals surface area contributed by atoms with Gasteiger partial charge in [0.15, 0.2) is 5.69 Å². The Morgan fingerprint density at radius 3 is 2.44 bits per heavy atom. The van der Waals surface area contributed by atoms with Gasteiger partial charge in [0.2, 0.25) is 0 Å². The average Bonchev–Trinajstić information content (AvgIpc) is 2.61. The summed E-state index contributed by atoms with van der Waals surface area (Å²) in [5, 5.41) is 3.84. The highest BCUT2D eigenvalue weighted by Crippen LogP contribution is 2.37. The number of hydrogen-bond donors (Lipinski definition) is 1. The molecule has 90 valence electrons. The highest BCUT2D eigenvalue weighted by atomic mass is 32.1. The number of alkyl halides is 3. The summed E-state index contributed by atoms with van der Waals surface area (Å²) >= 11 is 1.19. The van der Waals surface area contributed by atoms with Gasteiger partial charge in [0.25, 0.3) is 0 Å². The second kappa shape index (κ2) is 4.33. The van der Waals surface area contributed by atoms with E-state index in [1.165, 1.54) is 18.3 Å². The minimum absolute atomic E-state index is 0.195. The molecule has 2 rings (SSSR count). The molecule has 0 atom stereocenters. The fourth-order valence-corrected chi connectivity index (χ4v) is 3.03. The first kappa shape index (κ1) is 11.9. The van der Waals surface area contributed by atoms with Crippen LogP contribution in [0, 0.1) is 6.92 Å². The number of rotatable bonds is 1. The SMILES string of the molecule is Cc1sc(C2CCNCC2)nc1C(F)(F)F. The lowest BCUT2D eigenvalue weighted by atomic mass is 9.99. The number of hydrogen-bond acceptors (Lipinski definition) is 3. The summed E-state index contributed by atoms with van der Waals surface area (Å²) < 4.78 is 37.7. The molecule has 2 heterocycles. The average molecular weight is 250 g/mol. The number of halogens is 3. The summed E-state index contributed by atoms with van der Waals surface area (Å²) in [4.78, 5) is 4.05. The minimum atomic E-state index is -4.31. The van der Waals surface area contributed by atoms with Crippen LogP contribution >= 0.6 is 11.3 Å². The van der Waals surface area contributed by atoms with Crippen LogP contribution in [0.2, 0.25) is 0 Å². The van der Waals surface area contributed by atoms with Crippen molar-refractivity contribution in [2.24, 2.45) is 0 Å². The smallest absolute Gasteiger partial charge is 0.317 e. The molecule has 1 N–H and O–H groups in total. The molecule has 1 fully saturated rings. The van der Waals surface area contributed by atoms with E-state index in [2.05, 4.69) is 10.3 Å². The van der Waals surface area contributed by atoms with Crippen molar-refractivity contribution in [1.82, 2.24) is 10.3 Å². The molecule has 0 spiro atoms. The van der Waals surface area contributed by atoms with Crippen LogP contribution in [0.5, 0.6) is 0 Å². The molecule has 0 aromatic carbocycles. The van der Waals surface area contributed by atoms with Gasteiger partial charge in [-0.25, -0.2) is 4.98 Å². The maximum atomic E-state index is 12.6. The van der Waals surface area contributed by atoms with Gasteiger partial charge in [0.05, 0.1) is 5.01 Å². The molecule has 0 aliphatic carbocycles. The van der Waals surface area contributed by atoms with Gasteiger partial charge in [-0.05, 0) is 32.9 Å². The third-order valence-corrected chi connectivity index (χ3v) is 3.90. The van der Waals surface area contributed by atoms with Gasteiger partial charge >= 0.3 is 6.18 Å². The first-order valence-corrected chi connectivity index (χ1v) is 6.05. The monoisotopic (exact) mass is 250 g/mol. The molecule has 1 aliphatic rings. The van der Waals surface area contributed by atoms with Crippen LogP contribution < -0.4 is 5.32 Å². The Morgan fingerprint density at radius 2 is 1.94 bits per heavy atom. The lowest BCUT2D eigenvalue weighted by molar-refractivity contribution is -0.141. The second-order valence-corrected chi connectivity index (χ2v) is 5.21. The van der Waals surface area contributed by atoms with E-state index in [1.807, 2.05) is 0 Å². The van der Waals surface area contributed by atoms with Crippen molar-refractivity contribution in [1.29, 1.82) is 0 Å². The van der Waals surface area contributed by atoms with Crippen molar-refractivity contribution in [3.63, 3.8) is 0 Å². The fraction of sp³-hybridized carbons (Fsp3) is 0.700. The van der Waals surface area contributed by atoms with Crippen LogP contribution in [0.25, 0.3) is 0 Å². The molecule has 1 saturated heterocycles. The molecule has 0 amide bonds. The van der Waals surface area contributed by atoms with Crippen molar-refractivity contribution in [2.75, 3.05) is 13.1 Å². The number of nitrogens with zero attached hydrogens (tertiary/aromatic N) is 1. The number of piperidine rings is 1.